The van der Waals surface area contributed by atoms with Crippen LogP contribution in [0.3, 0.4) is 0 Å². The summed E-state index contributed by atoms with van der Waals surface area (Å²) < 4.78 is 38.1. The molecule has 2 heterocycles. The highest BCUT2D eigenvalue weighted by Gasteiger charge is 2.29. The Morgan fingerprint density at radius 2 is 1.70 bits per heavy atom. The standard InChI is InChI=1S/C23H16F3N3O/c24-23(25,26)17-8-6-15(7-9-17)13-28-22(30)18-12-21(16-4-2-1-3-5-16)29-20-10-11-27-14-19(18)20/h1-12,14H,13H2,(H,28,30). The molecule has 7 heteroatoms. The molecule has 2 aromatic carbocycles. The van der Waals surface area contributed by atoms with Gasteiger partial charge in [0, 0.05) is 29.9 Å². The molecule has 30 heavy (non-hydrogen) atoms. The molecule has 150 valence electrons. The maximum Gasteiger partial charge on any atom is 0.416 e. The molecule has 1 amide bonds. The first-order valence-corrected chi connectivity index (χ1v) is 9.16. The van der Waals surface area contributed by atoms with E-state index >= 15 is 0 Å². The minimum atomic E-state index is -4.39. The topological polar surface area (TPSA) is 54.9 Å². The van der Waals surface area contributed by atoms with Crippen molar-refractivity contribution < 1.29 is 18.0 Å². The van der Waals surface area contributed by atoms with Gasteiger partial charge in [0.2, 0.25) is 0 Å². The molecular formula is C23H16F3N3O. The minimum absolute atomic E-state index is 0.0989. The van der Waals surface area contributed by atoms with Gasteiger partial charge in [-0.15, -0.1) is 0 Å². The smallest absolute Gasteiger partial charge is 0.348 e. The van der Waals surface area contributed by atoms with Crippen molar-refractivity contribution in [3.8, 4) is 11.3 Å². The molecule has 0 fully saturated rings. The summed E-state index contributed by atoms with van der Waals surface area (Å²) in [5.74, 6) is -0.354. The SMILES string of the molecule is O=C(NCc1ccc(C(F)(F)F)cc1)c1cc(-c2ccccc2)nc2ccncc12. The molecule has 0 bridgehead atoms. The molecule has 2 aromatic heterocycles. The van der Waals surface area contributed by atoms with E-state index in [0.717, 1.165) is 17.7 Å². The number of rotatable bonds is 4. The first kappa shape index (κ1) is 19.6. The third-order valence-electron chi connectivity index (χ3n) is 4.66. The number of halogens is 3. The number of nitrogens with zero attached hydrogens (tertiary/aromatic N) is 2. The molecule has 0 saturated carbocycles. The Labute approximate surface area is 170 Å². The number of alkyl halides is 3. The molecule has 0 saturated heterocycles. The maximum atomic E-state index is 12.9. The van der Waals surface area contributed by atoms with Crippen LogP contribution in [0.25, 0.3) is 22.2 Å². The summed E-state index contributed by atoms with van der Waals surface area (Å²) in [6, 6.07) is 17.6. The van der Waals surface area contributed by atoms with Crippen LogP contribution in [0.1, 0.15) is 21.5 Å². The third kappa shape index (κ3) is 4.15. The first-order chi connectivity index (χ1) is 14.4. The summed E-state index contributed by atoms with van der Waals surface area (Å²) in [5, 5.41) is 3.37. The molecule has 0 radical (unpaired) electrons. The Balaban J connectivity index is 1.61. The molecule has 0 unspecified atom stereocenters. The molecule has 4 aromatic rings. The van der Waals surface area contributed by atoms with Crippen molar-refractivity contribution in [3.63, 3.8) is 0 Å². The second-order valence-electron chi connectivity index (χ2n) is 6.69. The van der Waals surface area contributed by atoms with Crippen LogP contribution in [0.2, 0.25) is 0 Å². The Morgan fingerprint density at radius 1 is 0.967 bits per heavy atom. The maximum absolute atomic E-state index is 12.9. The van der Waals surface area contributed by atoms with Crippen LogP contribution in [-0.4, -0.2) is 15.9 Å². The zero-order valence-corrected chi connectivity index (χ0v) is 15.6. The van der Waals surface area contributed by atoms with Gasteiger partial charge in [0.1, 0.15) is 0 Å². The van der Waals surface area contributed by atoms with Crippen molar-refractivity contribution in [1.29, 1.82) is 0 Å². The number of hydrogen-bond acceptors (Lipinski definition) is 3. The van der Waals surface area contributed by atoms with E-state index in [1.165, 1.54) is 12.1 Å². The van der Waals surface area contributed by atoms with Crippen molar-refractivity contribution >= 4 is 16.8 Å². The van der Waals surface area contributed by atoms with Crippen LogP contribution in [0, 0.1) is 0 Å². The monoisotopic (exact) mass is 407 g/mol. The lowest BCUT2D eigenvalue weighted by molar-refractivity contribution is -0.137. The predicted octanol–water partition coefficient (Wildman–Crippen LogP) is 5.25. The summed E-state index contributed by atoms with van der Waals surface area (Å²) >= 11 is 0. The highest BCUT2D eigenvalue weighted by molar-refractivity contribution is 6.06. The Hall–Kier alpha value is -3.74. The van der Waals surface area contributed by atoms with Crippen LogP contribution in [0.15, 0.2) is 79.1 Å². The van der Waals surface area contributed by atoms with E-state index in [4.69, 9.17) is 0 Å². The van der Waals surface area contributed by atoms with Gasteiger partial charge in [-0.25, -0.2) is 4.98 Å². The highest BCUT2D eigenvalue weighted by atomic mass is 19.4. The molecule has 0 aliphatic heterocycles. The van der Waals surface area contributed by atoms with Crippen molar-refractivity contribution in [2.45, 2.75) is 12.7 Å². The molecule has 0 atom stereocenters. The lowest BCUT2D eigenvalue weighted by atomic mass is 10.0. The van der Waals surface area contributed by atoms with E-state index in [2.05, 4.69) is 15.3 Å². The van der Waals surface area contributed by atoms with Gasteiger partial charge in [-0.2, -0.15) is 13.2 Å². The number of nitrogens with one attached hydrogen (secondary N) is 1. The highest BCUT2D eigenvalue weighted by Crippen LogP contribution is 2.29. The number of amides is 1. The van der Waals surface area contributed by atoms with Gasteiger partial charge in [0.05, 0.1) is 22.3 Å². The third-order valence-corrected chi connectivity index (χ3v) is 4.66. The lowest BCUT2D eigenvalue weighted by Crippen LogP contribution is -2.23. The zero-order chi connectivity index (χ0) is 21.1. The molecule has 1 N–H and O–H groups in total. The fourth-order valence-corrected chi connectivity index (χ4v) is 3.10. The van der Waals surface area contributed by atoms with E-state index in [1.807, 2.05) is 30.3 Å². The van der Waals surface area contributed by atoms with Crippen LogP contribution in [0.4, 0.5) is 13.2 Å². The number of carbonyl (C=O) groups excluding carboxylic acids is 1. The fraction of sp³-hybridized carbons (Fsp3) is 0.0870. The van der Waals surface area contributed by atoms with Crippen LogP contribution < -0.4 is 5.32 Å². The van der Waals surface area contributed by atoms with E-state index in [1.54, 1.807) is 24.5 Å². The Morgan fingerprint density at radius 3 is 2.40 bits per heavy atom. The van der Waals surface area contributed by atoms with Gasteiger partial charge in [0.25, 0.3) is 5.91 Å². The van der Waals surface area contributed by atoms with E-state index in [0.29, 0.717) is 27.7 Å². The molecular weight excluding hydrogens is 391 g/mol. The first-order valence-electron chi connectivity index (χ1n) is 9.16. The van der Waals surface area contributed by atoms with Gasteiger partial charge in [-0.1, -0.05) is 42.5 Å². The number of benzene rings is 2. The average Bonchev–Trinajstić information content (AvgIpc) is 2.77. The number of fused-ring (bicyclic) bond motifs is 1. The van der Waals surface area contributed by atoms with E-state index in [-0.39, 0.29) is 12.5 Å². The molecule has 4 rings (SSSR count). The van der Waals surface area contributed by atoms with Gasteiger partial charge >= 0.3 is 6.18 Å². The molecule has 4 nitrogen and oxygen atoms in total. The number of aromatic nitrogens is 2. The fourth-order valence-electron chi connectivity index (χ4n) is 3.10. The van der Waals surface area contributed by atoms with Gasteiger partial charge in [0.15, 0.2) is 0 Å². The predicted molar refractivity (Wildman–Crippen MR) is 108 cm³/mol. The summed E-state index contributed by atoms with van der Waals surface area (Å²) in [7, 11) is 0. The van der Waals surface area contributed by atoms with Crippen molar-refractivity contribution in [2.75, 3.05) is 0 Å². The van der Waals surface area contributed by atoms with Crippen LogP contribution in [-0.2, 0) is 12.7 Å². The van der Waals surface area contributed by atoms with E-state index < -0.39 is 11.7 Å². The summed E-state index contributed by atoms with van der Waals surface area (Å²) in [6.07, 6.45) is -1.21. The lowest BCUT2D eigenvalue weighted by Gasteiger charge is -2.11. The largest absolute Gasteiger partial charge is 0.416 e. The molecule has 0 aliphatic carbocycles. The van der Waals surface area contributed by atoms with Crippen LogP contribution >= 0.6 is 0 Å². The average molecular weight is 407 g/mol. The van der Waals surface area contributed by atoms with Gasteiger partial charge in [-0.3, -0.25) is 9.78 Å². The van der Waals surface area contributed by atoms with Crippen LogP contribution in [0.5, 0.6) is 0 Å². The second kappa shape index (κ2) is 7.94. The number of pyridine rings is 2. The van der Waals surface area contributed by atoms with Crippen molar-refractivity contribution in [3.05, 3.63) is 95.8 Å². The Bertz CT molecular complexity index is 1190. The summed E-state index contributed by atoms with van der Waals surface area (Å²) in [4.78, 5) is 21.6. The molecule has 0 spiro atoms. The van der Waals surface area contributed by atoms with Crippen molar-refractivity contribution in [2.24, 2.45) is 0 Å². The quantitative estimate of drug-likeness (QED) is 0.503. The van der Waals surface area contributed by atoms with Crippen molar-refractivity contribution in [1.82, 2.24) is 15.3 Å². The summed E-state index contributed by atoms with van der Waals surface area (Å²) in [5.41, 5.74) is 2.39. The van der Waals surface area contributed by atoms with E-state index in [9.17, 15) is 18.0 Å². The number of hydrogen-bond donors (Lipinski definition) is 1. The minimum Gasteiger partial charge on any atom is -0.348 e. The number of carbonyl (C=O) groups is 1. The normalized spacial score (nSPS) is 11.4. The van der Waals surface area contributed by atoms with Gasteiger partial charge in [-0.05, 0) is 29.8 Å². The second-order valence-corrected chi connectivity index (χ2v) is 6.69. The molecule has 0 aliphatic rings. The van der Waals surface area contributed by atoms with Gasteiger partial charge < -0.3 is 5.32 Å². The summed E-state index contributed by atoms with van der Waals surface area (Å²) in [6.45, 7) is 0.0989. The Kier molecular flexibility index (Phi) is 5.18. The zero-order valence-electron chi connectivity index (χ0n) is 15.6.